The van der Waals surface area contributed by atoms with E-state index in [9.17, 15) is 9.59 Å². The Bertz CT molecular complexity index is 1210. The molecule has 1 aliphatic rings. The summed E-state index contributed by atoms with van der Waals surface area (Å²) in [6.45, 7) is 2.04. The maximum absolute atomic E-state index is 13.3. The first-order valence-corrected chi connectivity index (χ1v) is 12.2. The maximum Gasteiger partial charge on any atom is 0.220 e. The van der Waals surface area contributed by atoms with Crippen molar-refractivity contribution in [2.75, 3.05) is 14.2 Å². The van der Waals surface area contributed by atoms with Crippen LogP contribution in [0.25, 0.3) is 0 Å². The predicted molar refractivity (Wildman–Crippen MR) is 138 cm³/mol. The lowest BCUT2D eigenvalue weighted by atomic mass is 9.84. The van der Waals surface area contributed by atoms with Gasteiger partial charge in [-0.05, 0) is 72.7 Å². The number of aromatic nitrogens is 1. The highest BCUT2D eigenvalue weighted by atomic mass is 16.5. The van der Waals surface area contributed by atoms with E-state index >= 15 is 0 Å². The Balaban J connectivity index is 1.50. The van der Waals surface area contributed by atoms with Crippen molar-refractivity contribution in [3.05, 3.63) is 89.2 Å². The number of pyridine rings is 1. The van der Waals surface area contributed by atoms with Crippen LogP contribution in [-0.4, -0.2) is 36.6 Å². The average molecular weight is 488 g/mol. The van der Waals surface area contributed by atoms with E-state index in [0.717, 1.165) is 22.3 Å². The minimum absolute atomic E-state index is 0.0189. The molecule has 188 valence electrons. The van der Waals surface area contributed by atoms with Gasteiger partial charge in [-0.3, -0.25) is 14.6 Å². The molecule has 1 aliphatic heterocycles. The van der Waals surface area contributed by atoms with Gasteiger partial charge in [0.05, 0.1) is 20.3 Å². The van der Waals surface area contributed by atoms with Crippen LogP contribution in [0.2, 0.25) is 0 Å². The zero-order valence-corrected chi connectivity index (χ0v) is 21.0. The fraction of sp³-hybridized carbons (Fsp3) is 0.345. The van der Waals surface area contributed by atoms with Gasteiger partial charge < -0.3 is 20.1 Å². The van der Waals surface area contributed by atoms with Crippen LogP contribution in [0.3, 0.4) is 0 Å². The van der Waals surface area contributed by atoms with Gasteiger partial charge in [0, 0.05) is 30.8 Å². The summed E-state index contributed by atoms with van der Waals surface area (Å²) in [4.78, 5) is 29.6. The molecule has 2 heterocycles. The minimum Gasteiger partial charge on any atom is -0.493 e. The first kappa shape index (κ1) is 25.2. The molecule has 0 bridgehead atoms. The standard InChI is InChI=1S/C29H33N3O4/c1-20-6-4-5-7-23(20)28(22-12-16-30-17-13-22)31-26(33)10-14-29(15-11-27(34)32-29)19-21-8-9-24(35-2)25(18-21)36-3/h4-9,12-13,16-18,28H,10-11,14-15,19H2,1-3H3,(H,31,33)(H,32,34)/t28-,29+/m0/s1. The minimum atomic E-state index is -0.483. The summed E-state index contributed by atoms with van der Waals surface area (Å²) >= 11 is 0. The number of benzene rings is 2. The molecule has 0 saturated carbocycles. The van der Waals surface area contributed by atoms with Crippen LogP contribution in [0.1, 0.15) is 54.0 Å². The monoisotopic (exact) mass is 487 g/mol. The Hall–Kier alpha value is -3.87. The van der Waals surface area contributed by atoms with Gasteiger partial charge in [-0.25, -0.2) is 0 Å². The average Bonchev–Trinajstić information content (AvgIpc) is 3.27. The summed E-state index contributed by atoms with van der Waals surface area (Å²) in [7, 11) is 3.21. The van der Waals surface area contributed by atoms with E-state index in [1.54, 1.807) is 26.6 Å². The van der Waals surface area contributed by atoms with Crippen molar-refractivity contribution in [2.24, 2.45) is 0 Å². The van der Waals surface area contributed by atoms with E-state index < -0.39 is 5.54 Å². The number of nitrogens with zero attached hydrogens (tertiary/aromatic N) is 1. The molecule has 1 aromatic heterocycles. The van der Waals surface area contributed by atoms with E-state index in [4.69, 9.17) is 9.47 Å². The smallest absolute Gasteiger partial charge is 0.220 e. The highest BCUT2D eigenvalue weighted by Crippen LogP contribution is 2.34. The largest absolute Gasteiger partial charge is 0.493 e. The molecule has 1 saturated heterocycles. The number of nitrogens with one attached hydrogen (secondary N) is 2. The highest BCUT2D eigenvalue weighted by Gasteiger charge is 2.38. The van der Waals surface area contributed by atoms with Crippen molar-refractivity contribution in [3.63, 3.8) is 0 Å². The van der Waals surface area contributed by atoms with Gasteiger partial charge in [0.15, 0.2) is 11.5 Å². The van der Waals surface area contributed by atoms with Gasteiger partial charge in [-0.15, -0.1) is 0 Å². The quantitative estimate of drug-likeness (QED) is 0.446. The van der Waals surface area contributed by atoms with Gasteiger partial charge >= 0.3 is 0 Å². The number of ether oxygens (including phenoxy) is 2. The van der Waals surface area contributed by atoms with Gasteiger partial charge in [-0.1, -0.05) is 30.3 Å². The fourth-order valence-corrected chi connectivity index (χ4v) is 4.96. The van der Waals surface area contributed by atoms with E-state index in [2.05, 4.69) is 15.6 Å². The molecule has 1 fully saturated rings. The molecule has 7 heteroatoms. The van der Waals surface area contributed by atoms with Crippen LogP contribution in [0.5, 0.6) is 11.5 Å². The third-order valence-electron chi connectivity index (χ3n) is 6.90. The third-order valence-corrected chi connectivity index (χ3v) is 6.90. The Morgan fingerprint density at radius 1 is 1.08 bits per heavy atom. The summed E-state index contributed by atoms with van der Waals surface area (Å²) < 4.78 is 10.8. The number of carbonyl (C=O) groups is 2. The van der Waals surface area contributed by atoms with Crippen LogP contribution in [-0.2, 0) is 16.0 Å². The molecule has 7 nitrogen and oxygen atoms in total. The van der Waals surface area contributed by atoms with Crippen molar-refractivity contribution in [3.8, 4) is 11.5 Å². The Morgan fingerprint density at radius 2 is 1.83 bits per heavy atom. The molecule has 2 aromatic carbocycles. The van der Waals surface area contributed by atoms with E-state index in [1.165, 1.54) is 0 Å². The second kappa shape index (κ2) is 11.2. The van der Waals surface area contributed by atoms with Crippen molar-refractivity contribution in [1.29, 1.82) is 0 Å². The van der Waals surface area contributed by atoms with E-state index in [0.29, 0.717) is 43.6 Å². The van der Waals surface area contributed by atoms with Crippen molar-refractivity contribution in [1.82, 2.24) is 15.6 Å². The lowest BCUT2D eigenvalue weighted by Gasteiger charge is -2.30. The fourth-order valence-electron chi connectivity index (χ4n) is 4.96. The molecular formula is C29H33N3O4. The molecule has 4 rings (SSSR count). The molecule has 2 atom stereocenters. The van der Waals surface area contributed by atoms with Gasteiger partial charge in [0.1, 0.15) is 0 Å². The lowest BCUT2D eigenvalue weighted by molar-refractivity contribution is -0.123. The van der Waals surface area contributed by atoms with Crippen LogP contribution >= 0.6 is 0 Å². The highest BCUT2D eigenvalue weighted by molar-refractivity contribution is 5.80. The second-order valence-corrected chi connectivity index (χ2v) is 9.33. The Kier molecular flexibility index (Phi) is 7.88. The number of rotatable bonds is 10. The van der Waals surface area contributed by atoms with Crippen LogP contribution in [0.15, 0.2) is 67.0 Å². The summed E-state index contributed by atoms with van der Waals surface area (Å²) in [6.07, 6.45) is 6.05. The summed E-state index contributed by atoms with van der Waals surface area (Å²) in [6, 6.07) is 17.4. The van der Waals surface area contributed by atoms with Gasteiger partial charge in [0.2, 0.25) is 11.8 Å². The van der Waals surface area contributed by atoms with Gasteiger partial charge in [0.25, 0.3) is 0 Å². The molecule has 3 aromatic rings. The summed E-state index contributed by atoms with van der Waals surface area (Å²) in [5, 5.41) is 6.39. The molecule has 0 aliphatic carbocycles. The van der Waals surface area contributed by atoms with E-state index in [1.807, 2.05) is 61.5 Å². The predicted octanol–water partition coefficient (Wildman–Crippen LogP) is 4.28. The molecule has 0 spiro atoms. The van der Waals surface area contributed by atoms with Crippen LogP contribution in [0.4, 0.5) is 0 Å². The zero-order chi connectivity index (χ0) is 25.5. The number of hydrogen-bond acceptors (Lipinski definition) is 5. The third kappa shape index (κ3) is 5.85. The maximum atomic E-state index is 13.3. The summed E-state index contributed by atoms with van der Waals surface area (Å²) in [5.74, 6) is 1.26. The molecule has 0 unspecified atom stereocenters. The Labute approximate surface area is 212 Å². The molecule has 2 amide bonds. The number of carbonyl (C=O) groups excluding carboxylic acids is 2. The van der Waals surface area contributed by atoms with Crippen LogP contribution in [0, 0.1) is 6.92 Å². The summed E-state index contributed by atoms with van der Waals surface area (Å²) in [5.41, 5.74) is 3.66. The Morgan fingerprint density at radius 3 is 2.50 bits per heavy atom. The number of hydrogen-bond donors (Lipinski definition) is 2. The number of amides is 2. The SMILES string of the molecule is COc1ccc(C[C@@]2(CCC(=O)N[C@@H](c3ccncc3)c3ccccc3C)CCC(=O)N2)cc1OC. The van der Waals surface area contributed by atoms with E-state index in [-0.39, 0.29) is 17.9 Å². The first-order chi connectivity index (χ1) is 17.4. The second-order valence-electron chi connectivity index (χ2n) is 9.33. The van der Waals surface area contributed by atoms with Crippen molar-refractivity contribution < 1.29 is 19.1 Å². The van der Waals surface area contributed by atoms with Crippen molar-refractivity contribution in [2.45, 2.75) is 50.6 Å². The molecule has 36 heavy (non-hydrogen) atoms. The molecular weight excluding hydrogens is 454 g/mol. The van der Waals surface area contributed by atoms with Crippen molar-refractivity contribution >= 4 is 11.8 Å². The first-order valence-electron chi connectivity index (χ1n) is 12.2. The number of methoxy groups -OCH3 is 2. The normalized spacial score (nSPS) is 17.8. The van der Waals surface area contributed by atoms with Crippen LogP contribution < -0.4 is 20.1 Å². The van der Waals surface area contributed by atoms with Gasteiger partial charge in [-0.2, -0.15) is 0 Å². The molecule has 0 radical (unpaired) electrons. The molecule has 2 N–H and O–H groups in total. The zero-order valence-electron chi connectivity index (χ0n) is 21.0. The number of aryl methyl sites for hydroxylation is 1. The lowest BCUT2D eigenvalue weighted by Crippen LogP contribution is -2.44. The topological polar surface area (TPSA) is 89.5 Å².